The van der Waals surface area contributed by atoms with E-state index in [1.54, 1.807) is 0 Å². The van der Waals surface area contributed by atoms with Gasteiger partial charge in [-0.3, -0.25) is 0 Å². The van der Waals surface area contributed by atoms with Gasteiger partial charge >= 0.3 is 0 Å². The lowest BCUT2D eigenvalue weighted by molar-refractivity contribution is 0.544. The van der Waals surface area contributed by atoms with Gasteiger partial charge in [-0.25, -0.2) is 0 Å². The molecule has 0 aliphatic carbocycles. The third-order valence-electron chi connectivity index (χ3n) is 3.97. The highest BCUT2D eigenvalue weighted by molar-refractivity contribution is 6.31. The molecule has 2 heteroatoms. The van der Waals surface area contributed by atoms with Crippen molar-refractivity contribution in [1.29, 1.82) is 0 Å². The summed E-state index contributed by atoms with van der Waals surface area (Å²) in [6.07, 6.45) is 2.21. The number of halogens is 1. The van der Waals surface area contributed by atoms with Gasteiger partial charge in [0.2, 0.25) is 0 Å². The first kappa shape index (κ1) is 12.7. The van der Waals surface area contributed by atoms with E-state index < -0.39 is 0 Å². The minimum atomic E-state index is 0.488. The van der Waals surface area contributed by atoms with E-state index in [-0.39, 0.29) is 0 Å². The van der Waals surface area contributed by atoms with Crippen LogP contribution in [0.2, 0.25) is 5.02 Å². The lowest BCUT2D eigenvalue weighted by Gasteiger charge is -2.20. The maximum Gasteiger partial charge on any atom is 0.0438 e. The Hall–Kier alpha value is -1.31. The Kier molecular flexibility index (Phi) is 3.86. The summed E-state index contributed by atoms with van der Waals surface area (Å²) in [7, 11) is 0. The van der Waals surface area contributed by atoms with Crippen LogP contribution in [0, 0.1) is 0 Å². The fraction of sp³-hybridized carbons (Fsp3) is 0.294. The van der Waals surface area contributed by atoms with E-state index in [1.165, 1.54) is 17.5 Å². The van der Waals surface area contributed by atoms with E-state index >= 15 is 0 Å². The van der Waals surface area contributed by atoms with Gasteiger partial charge in [-0.15, -0.1) is 0 Å². The second-order valence-corrected chi connectivity index (χ2v) is 5.57. The Balaban J connectivity index is 1.79. The topological polar surface area (TPSA) is 12.0 Å². The van der Waals surface area contributed by atoms with Crippen molar-refractivity contribution >= 4 is 11.6 Å². The highest BCUT2D eigenvalue weighted by Crippen LogP contribution is 2.30. The van der Waals surface area contributed by atoms with Crippen molar-refractivity contribution in [2.45, 2.75) is 24.8 Å². The molecule has 1 aliphatic heterocycles. The maximum atomic E-state index is 6.27. The molecule has 2 aromatic carbocycles. The molecule has 1 N–H and O–H groups in total. The Morgan fingerprint density at radius 3 is 2.53 bits per heavy atom. The largest absolute Gasteiger partial charge is 0.313 e. The van der Waals surface area contributed by atoms with E-state index in [2.05, 4.69) is 47.8 Å². The van der Waals surface area contributed by atoms with Gasteiger partial charge in [0.1, 0.15) is 0 Å². The van der Waals surface area contributed by atoms with Crippen LogP contribution in [-0.2, 0) is 6.42 Å². The van der Waals surface area contributed by atoms with Gasteiger partial charge in [-0.2, -0.15) is 0 Å². The Morgan fingerprint density at radius 2 is 1.74 bits per heavy atom. The first-order chi connectivity index (χ1) is 9.34. The predicted octanol–water partition coefficient (Wildman–Crippen LogP) is 4.03. The van der Waals surface area contributed by atoms with E-state index in [0.29, 0.717) is 12.0 Å². The van der Waals surface area contributed by atoms with Crippen molar-refractivity contribution in [3.05, 3.63) is 70.7 Å². The molecule has 3 rings (SSSR count). The molecule has 1 heterocycles. The summed E-state index contributed by atoms with van der Waals surface area (Å²) in [5, 5.41) is 4.50. The lowest BCUT2D eigenvalue weighted by Crippen LogP contribution is -2.28. The number of benzene rings is 2. The van der Waals surface area contributed by atoms with Gasteiger partial charge in [-0.1, -0.05) is 60.1 Å². The van der Waals surface area contributed by atoms with Crippen LogP contribution in [0.15, 0.2) is 54.6 Å². The average Bonchev–Trinajstić information content (AvgIpc) is 2.91. The second-order valence-electron chi connectivity index (χ2n) is 5.16. The van der Waals surface area contributed by atoms with Gasteiger partial charge in [-0.05, 0) is 36.6 Å². The average molecular weight is 272 g/mol. The molecule has 98 valence electrons. The van der Waals surface area contributed by atoms with Gasteiger partial charge < -0.3 is 5.32 Å². The number of rotatable bonds is 3. The molecule has 0 spiro atoms. The van der Waals surface area contributed by atoms with Crippen LogP contribution in [0.3, 0.4) is 0 Å². The molecule has 19 heavy (non-hydrogen) atoms. The normalized spacial score (nSPS) is 22.6. The number of hydrogen-bond donors (Lipinski definition) is 1. The summed E-state index contributed by atoms with van der Waals surface area (Å²) in [6.45, 7) is 1.09. The third-order valence-corrected chi connectivity index (χ3v) is 4.34. The second kappa shape index (κ2) is 5.77. The van der Waals surface area contributed by atoms with Crippen LogP contribution in [0.25, 0.3) is 0 Å². The van der Waals surface area contributed by atoms with E-state index in [9.17, 15) is 0 Å². The quantitative estimate of drug-likeness (QED) is 0.889. The van der Waals surface area contributed by atoms with Crippen LogP contribution in [0.4, 0.5) is 0 Å². The summed E-state index contributed by atoms with van der Waals surface area (Å²) < 4.78 is 0. The maximum absolute atomic E-state index is 6.27. The molecule has 2 atom stereocenters. The molecular weight excluding hydrogens is 254 g/mol. The molecule has 1 fully saturated rings. The zero-order valence-electron chi connectivity index (χ0n) is 10.9. The molecule has 0 bridgehead atoms. The molecule has 0 saturated carbocycles. The zero-order valence-corrected chi connectivity index (χ0v) is 11.6. The molecule has 1 saturated heterocycles. The number of hydrogen-bond acceptors (Lipinski definition) is 1. The first-order valence-corrected chi connectivity index (χ1v) is 7.24. The molecule has 0 aromatic heterocycles. The smallest absolute Gasteiger partial charge is 0.0438 e. The SMILES string of the molecule is Clc1ccccc1C[C@@H]1NCC[C@H]1c1ccccc1. The molecule has 0 radical (unpaired) electrons. The molecular formula is C17H18ClN. The van der Waals surface area contributed by atoms with Crippen molar-refractivity contribution in [2.75, 3.05) is 6.54 Å². The van der Waals surface area contributed by atoms with E-state index in [0.717, 1.165) is 18.0 Å². The van der Waals surface area contributed by atoms with Crippen LogP contribution >= 0.6 is 11.6 Å². The Bertz CT molecular complexity index is 538. The van der Waals surface area contributed by atoms with Crippen LogP contribution < -0.4 is 5.32 Å². The third kappa shape index (κ3) is 2.83. The van der Waals surface area contributed by atoms with Crippen LogP contribution in [0.5, 0.6) is 0 Å². The van der Waals surface area contributed by atoms with Gasteiger partial charge in [0.25, 0.3) is 0 Å². The molecule has 2 aromatic rings. The highest BCUT2D eigenvalue weighted by Gasteiger charge is 2.28. The van der Waals surface area contributed by atoms with Gasteiger partial charge in [0, 0.05) is 17.0 Å². The van der Waals surface area contributed by atoms with Gasteiger partial charge in [0.15, 0.2) is 0 Å². The summed E-state index contributed by atoms with van der Waals surface area (Å²) >= 11 is 6.27. The summed E-state index contributed by atoms with van der Waals surface area (Å²) in [4.78, 5) is 0. The Labute approximate surface area is 119 Å². The van der Waals surface area contributed by atoms with Crippen molar-refractivity contribution < 1.29 is 0 Å². The molecule has 1 nitrogen and oxygen atoms in total. The summed E-state index contributed by atoms with van der Waals surface area (Å²) in [6, 6.07) is 19.4. The van der Waals surface area contributed by atoms with E-state index in [1.807, 2.05) is 12.1 Å². The molecule has 1 aliphatic rings. The fourth-order valence-electron chi connectivity index (χ4n) is 2.98. The minimum absolute atomic E-state index is 0.488. The molecule has 0 amide bonds. The van der Waals surface area contributed by atoms with Crippen molar-refractivity contribution in [3.8, 4) is 0 Å². The van der Waals surface area contributed by atoms with Gasteiger partial charge in [0.05, 0.1) is 0 Å². The standard InChI is InChI=1S/C17H18ClN/c18-16-9-5-4-8-14(16)12-17-15(10-11-19-17)13-6-2-1-3-7-13/h1-9,15,17,19H,10-12H2/t15-,17-/m0/s1. The zero-order chi connectivity index (χ0) is 13.1. The first-order valence-electron chi connectivity index (χ1n) is 6.86. The molecule has 0 unspecified atom stereocenters. The van der Waals surface area contributed by atoms with E-state index in [4.69, 9.17) is 11.6 Å². The predicted molar refractivity (Wildman–Crippen MR) is 80.7 cm³/mol. The van der Waals surface area contributed by atoms with Crippen molar-refractivity contribution in [3.63, 3.8) is 0 Å². The summed E-state index contributed by atoms with van der Waals surface area (Å²) in [5.74, 6) is 0.595. The van der Waals surface area contributed by atoms with Crippen molar-refractivity contribution in [1.82, 2.24) is 5.32 Å². The Morgan fingerprint density at radius 1 is 1.00 bits per heavy atom. The van der Waals surface area contributed by atoms with Crippen LogP contribution in [0.1, 0.15) is 23.5 Å². The van der Waals surface area contributed by atoms with Crippen molar-refractivity contribution in [2.24, 2.45) is 0 Å². The monoisotopic (exact) mass is 271 g/mol. The van der Waals surface area contributed by atoms with Crippen LogP contribution in [-0.4, -0.2) is 12.6 Å². The number of nitrogens with one attached hydrogen (secondary N) is 1. The fourth-order valence-corrected chi connectivity index (χ4v) is 3.20. The minimum Gasteiger partial charge on any atom is -0.313 e. The lowest BCUT2D eigenvalue weighted by atomic mass is 9.88. The summed E-state index contributed by atoms with van der Waals surface area (Å²) in [5.41, 5.74) is 2.68. The highest BCUT2D eigenvalue weighted by atomic mass is 35.5.